The lowest BCUT2D eigenvalue weighted by Crippen LogP contribution is -2.31. The number of fused-ring (bicyclic) bond motifs is 6. The fraction of sp³-hybridized carbons (Fsp3) is 0.136. The first-order chi connectivity index (χ1) is 15.7. The molecule has 1 aliphatic rings. The third kappa shape index (κ3) is 4.68. The summed E-state index contributed by atoms with van der Waals surface area (Å²) in [5.74, 6) is -2.40. The molecule has 0 aliphatic carbocycles. The Morgan fingerprint density at radius 1 is 1.15 bits per heavy atom. The summed E-state index contributed by atoms with van der Waals surface area (Å²) in [6.45, 7) is 0.246. The van der Waals surface area contributed by atoms with E-state index in [1.807, 2.05) is 0 Å². The monoisotopic (exact) mass is 556 g/mol. The van der Waals surface area contributed by atoms with Gasteiger partial charge in [0.25, 0.3) is 5.91 Å². The normalized spacial score (nSPS) is 16.2. The smallest absolute Gasteiger partial charge is 0.253 e. The number of likely N-dealkylation sites (N-methyl/N-ethyl adjacent to an activating group) is 1. The van der Waals surface area contributed by atoms with E-state index in [4.69, 9.17) is 16.3 Å². The zero-order chi connectivity index (χ0) is 23.9. The minimum atomic E-state index is -2.19. The summed E-state index contributed by atoms with van der Waals surface area (Å²) in [5, 5.41) is 10.7. The second-order valence-electron chi connectivity index (χ2n) is 7.20. The molecular weight excluding hydrogens is 542 g/mol. The van der Waals surface area contributed by atoms with Crippen LogP contribution in [0.5, 0.6) is 11.5 Å². The molecule has 3 aromatic rings. The second kappa shape index (κ2) is 9.28. The summed E-state index contributed by atoms with van der Waals surface area (Å²) in [5.41, 5.74) is 0.0836. The van der Waals surface area contributed by atoms with E-state index in [0.717, 1.165) is 6.07 Å². The number of phenols is 1. The number of hydrogen-bond acceptors (Lipinski definition) is 4. The molecular formula is C22H16BrClF2N2O4S. The van der Waals surface area contributed by atoms with Gasteiger partial charge in [0, 0.05) is 34.8 Å². The fourth-order valence-corrected chi connectivity index (χ4v) is 5.03. The van der Waals surface area contributed by atoms with Crippen molar-refractivity contribution in [2.24, 2.45) is 0 Å². The van der Waals surface area contributed by atoms with Crippen LogP contribution in [-0.4, -0.2) is 40.3 Å². The van der Waals surface area contributed by atoms with Crippen molar-refractivity contribution in [3.63, 3.8) is 0 Å². The predicted molar refractivity (Wildman–Crippen MR) is 125 cm³/mol. The summed E-state index contributed by atoms with van der Waals surface area (Å²) in [6.07, 6.45) is 0. The maximum atomic E-state index is 14.8. The minimum Gasteiger partial charge on any atom is -0.505 e. The highest BCUT2D eigenvalue weighted by molar-refractivity contribution is 9.10. The molecule has 1 atom stereocenters. The van der Waals surface area contributed by atoms with Crippen LogP contribution in [0.2, 0.25) is 5.02 Å². The zero-order valence-corrected chi connectivity index (χ0v) is 20.2. The Bertz CT molecular complexity index is 1310. The highest BCUT2D eigenvalue weighted by atomic mass is 79.9. The highest BCUT2D eigenvalue weighted by Crippen LogP contribution is 2.38. The first-order valence-corrected chi connectivity index (χ1v) is 11.9. The van der Waals surface area contributed by atoms with Gasteiger partial charge in [0.2, 0.25) is 0 Å². The number of halogens is 4. The molecule has 3 aromatic carbocycles. The molecule has 0 saturated carbocycles. The van der Waals surface area contributed by atoms with Crippen LogP contribution in [0.1, 0.15) is 10.4 Å². The molecule has 6 nitrogen and oxygen atoms in total. The number of nitrogens with one attached hydrogen (secondary N) is 1. The summed E-state index contributed by atoms with van der Waals surface area (Å²) < 4.78 is 50.7. The summed E-state index contributed by atoms with van der Waals surface area (Å²) >= 11 is 9.25. The summed E-state index contributed by atoms with van der Waals surface area (Å²) in [7, 11) is -0.639. The van der Waals surface area contributed by atoms with Crippen LogP contribution in [-0.2, 0) is 11.0 Å². The molecule has 11 heteroatoms. The lowest BCUT2D eigenvalue weighted by molar-refractivity contribution is 0.0773. The molecule has 0 spiro atoms. The maximum absolute atomic E-state index is 14.8. The van der Waals surface area contributed by atoms with E-state index in [-0.39, 0.29) is 56.4 Å². The summed E-state index contributed by atoms with van der Waals surface area (Å²) in [6, 6.07) is 9.01. The molecule has 4 bridgehead atoms. The van der Waals surface area contributed by atoms with Crippen LogP contribution in [0.4, 0.5) is 14.5 Å². The molecule has 0 radical (unpaired) electrons. The Kier molecular flexibility index (Phi) is 6.60. The standard InChI is InChI=1S/C22H16BrClF2N2O4S/c1-28-4-5-32-19-3-2-12(24)8-14(19)13-9-18(17(26)10-16(13)25)27-33(31)20-7-11(22(28)30)6-15(23)21(20)29/h2-3,6-10,27,29H,4-5H2,1H3. The van der Waals surface area contributed by atoms with E-state index in [0.29, 0.717) is 11.1 Å². The van der Waals surface area contributed by atoms with Crippen LogP contribution >= 0.6 is 27.5 Å². The van der Waals surface area contributed by atoms with Crippen molar-refractivity contribution in [2.75, 3.05) is 24.9 Å². The number of hydrogen-bond donors (Lipinski definition) is 2. The van der Waals surface area contributed by atoms with E-state index in [1.165, 1.54) is 23.1 Å². The maximum Gasteiger partial charge on any atom is 0.253 e. The molecule has 1 unspecified atom stereocenters. The van der Waals surface area contributed by atoms with Crippen molar-refractivity contribution >= 4 is 50.1 Å². The van der Waals surface area contributed by atoms with Gasteiger partial charge in [-0.25, -0.2) is 13.0 Å². The van der Waals surface area contributed by atoms with Gasteiger partial charge in [-0.05, 0) is 52.3 Å². The number of benzene rings is 3. The average molecular weight is 558 g/mol. The molecule has 1 heterocycles. The van der Waals surface area contributed by atoms with Crippen molar-refractivity contribution < 1.29 is 27.6 Å². The number of carbonyl (C=O) groups excluding carboxylic acids is 1. The number of ether oxygens (including phenoxy) is 1. The molecule has 0 saturated heterocycles. The molecule has 172 valence electrons. The third-order valence-electron chi connectivity index (χ3n) is 5.00. The van der Waals surface area contributed by atoms with E-state index in [1.54, 1.807) is 19.2 Å². The number of anilines is 1. The fourth-order valence-electron chi connectivity index (χ4n) is 3.28. The van der Waals surface area contributed by atoms with Crippen molar-refractivity contribution in [1.82, 2.24) is 4.90 Å². The molecule has 1 amide bonds. The number of phenolic OH excluding ortho intramolecular Hbond substituents is 1. The van der Waals surface area contributed by atoms with Gasteiger partial charge in [0.05, 0.1) is 16.7 Å². The lowest BCUT2D eigenvalue weighted by Gasteiger charge is -2.19. The predicted octanol–water partition coefficient (Wildman–Crippen LogP) is 5.35. The topological polar surface area (TPSA) is 78.9 Å². The van der Waals surface area contributed by atoms with Gasteiger partial charge in [-0.3, -0.25) is 9.52 Å². The minimum absolute atomic E-state index is 0.0353. The van der Waals surface area contributed by atoms with Crippen molar-refractivity contribution in [3.05, 3.63) is 69.2 Å². The first kappa shape index (κ1) is 23.5. The van der Waals surface area contributed by atoms with Gasteiger partial charge in [-0.2, -0.15) is 0 Å². The average Bonchev–Trinajstić information content (AvgIpc) is 2.77. The van der Waals surface area contributed by atoms with Gasteiger partial charge < -0.3 is 14.7 Å². The Morgan fingerprint density at radius 3 is 2.67 bits per heavy atom. The second-order valence-corrected chi connectivity index (χ2v) is 9.68. The van der Waals surface area contributed by atoms with Gasteiger partial charge in [0.15, 0.2) is 11.0 Å². The Hall–Kier alpha value is -2.69. The SMILES string of the molecule is CN1CCOc2ccc(Cl)cc2-c2cc(c(F)cc2F)NS(=O)c2cc(cc(Br)c2O)C1=O. The van der Waals surface area contributed by atoms with Gasteiger partial charge in [-0.1, -0.05) is 11.6 Å². The van der Waals surface area contributed by atoms with Crippen LogP contribution in [0.3, 0.4) is 0 Å². The van der Waals surface area contributed by atoms with Crippen LogP contribution in [0.25, 0.3) is 11.1 Å². The van der Waals surface area contributed by atoms with E-state index in [2.05, 4.69) is 20.7 Å². The Morgan fingerprint density at radius 2 is 1.91 bits per heavy atom. The van der Waals surface area contributed by atoms with Crippen molar-refractivity contribution in [2.45, 2.75) is 4.90 Å². The molecule has 0 aromatic heterocycles. The summed E-state index contributed by atoms with van der Waals surface area (Å²) in [4.78, 5) is 14.1. The van der Waals surface area contributed by atoms with Crippen LogP contribution in [0, 0.1) is 11.6 Å². The largest absolute Gasteiger partial charge is 0.505 e. The molecule has 0 fully saturated rings. The molecule has 2 N–H and O–H groups in total. The van der Waals surface area contributed by atoms with Gasteiger partial charge >= 0.3 is 0 Å². The number of nitrogens with zero attached hydrogens (tertiary/aromatic N) is 1. The quantitative estimate of drug-likeness (QED) is 0.391. The van der Waals surface area contributed by atoms with Crippen LogP contribution < -0.4 is 9.46 Å². The Labute approximate surface area is 203 Å². The van der Waals surface area contributed by atoms with E-state index < -0.39 is 28.5 Å². The van der Waals surface area contributed by atoms with Crippen molar-refractivity contribution in [3.8, 4) is 22.6 Å². The zero-order valence-electron chi connectivity index (χ0n) is 17.0. The number of carbonyl (C=O) groups is 1. The molecule has 33 heavy (non-hydrogen) atoms. The number of rotatable bonds is 0. The number of aromatic hydroxyl groups is 1. The van der Waals surface area contributed by atoms with Crippen molar-refractivity contribution in [1.29, 1.82) is 0 Å². The molecule has 1 aliphatic heterocycles. The first-order valence-electron chi connectivity index (χ1n) is 9.54. The number of amides is 1. The van der Waals surface area contributed by atoms with E-state index >= 15 is 0 Å². The van der Waals surface area contributed by atoms with Gasteiger partial charge in [0.1, 0.15) is 34.6 Å². The Balaban J connectivity index is 1.91. The van der Waals surface area contributed by atoms with Gasteiger partial charge in [-0.15, -0.1) is 0 Å². The lowest BCUT2D eigenvalue weighted by atomic mass is 10.0. The molecule has 4 rings (SSSR count). The highest BCUT2D eigenvalue weighted by Gasteiger charge is 2.23. The third-order valence-corrected chi connectivity index (χ3v) is 6.95. The van der Waals surface area contributed by atoms with Crippen LogP contribution in [0.15, 0.2) is 51.8 Å². The van der Waals surface area contributed by atoms with E-state index in [9.17, 15) is 22.9 Å².